The van der Waals surface area contributed by atoms with Crippen molar-refractivity contribution in [3.63, 3.8) is 0 Å². The summed E-state index contributed by atoms with van der Waals surface area (Å²) in [6.07, 6.45) is -1.56. The maximum Gasteiger partial charge on any atom is 0.416 e. The molecule has 14 heteroatoms. The lowest BCUT2D eigenvalue weighted by molar-refractivity contribution is -0.138. The van der Waals surface area contributed by atoms with Gasteiger partial charge in [-0.2, -0.15) is 18.3 Å². The molecular weight excluding hydrogens is 529 g/mol. The van der Waals surface area contributed by atoms with Gasteiger partial charge in [-0.25, -0.2) is 4.72 Å². The number of alkyl halides is 3. The molecule has 2 aromatic carbocycles. The molecule has 1 unspecified atom stereocenters. The van der Waals surface area contributed by atoms with Crippen LogP contribution in [0.3, 0.4) is 0 Å². The first-order valence-corrected chi connectivity index (χ1v) is 12.2. The fourth-order valence-corrected chi connectivity index (χ4v) is 4.81. The first-order valence-electron chi connectivity index (χ1n) is 9.92. The average molecular weight is 544 g/mol. The van der Waals surface area contributed by atoms with E-state index in [2.05, 4.69) is 9.82 Å². The number of halogens is 4. The number of amides is 2. The van der Waals surface area contributed by atoms with Crippen molar-refractivity contribution in [3.8, 4) is 0 Å². The quantitative estimate of drug-likeness (QED) is 0.354. The maximum atomic E-state index is 13.4. The van der Waals surface area contributed by atoms with Crippen molar-refractivity contribution in [1.29, 1.82) is 0 Å². The number of imide groups is 1. The first kappa shape index (κ1) is 25.4. The predicted octanol–water partition coefficient (Wildman–Crippen LogP) is 4.18. The molecule has 0 bridgehead atoms. The molecule has 1 saturated heterocycles. The van der Waals surface area contributed by atoms with Gasteiger partial charge in [-0.3, -0.25) is 23.4 Å². The lowest BCUT2D eigenvalue weighted by Gasteiger charge is -2.14. The highest BCUT2D eigenvalue weighted by Gasteiger charge is 2.35. The Kier molecular flexibility index (Phi) is 7.33. The van der Waals surface area contributed by atoms with E-state index in [4.69, 9.17) is 11.6 Å². The Hall–Kier alpha value is -2.71. The normalized spacial score (nSPS) is 16.6. The summed E-state index contributed by atoms with van der Waals surface area (Å²) in [7, 11) is 0. The van der Waals surface area contributed by atoms with Crippen LogP contribution < -0.4 is 4.72 Å². The number of hydrogen-bond donors (Lipinski definition) is 1. The Morgan fingerprint density at radius 1 is 1.20 bits per heavy atom. The molecule has 1 N–H and O–H groups in total. The van der Waals surface area contributed by atoms with Gasteiger partial charge in [0.2, 0.25) is 0 Å². The minimum absolute atomic E-state index is 0.0138. The highest BCUT2D eigenvalue weighted by molar-refractivity contribution is 8.18. The van der Waals surface area contributed by atoms with Crippen LogP contribution in [0.2, 0.25) is 5.02 Å². The summed E-state index contributed by atoms with van der Waals surface area (Å²) < 4.78 is 64.9. The van der Waals surface area contributed by atoms with Crippen molar-refractivity contribution in [1.82, 2.24) is 19.4 Å². The number of benzene rings is 2. The van der Waals surface area contributed by atoms with Crippen molar-refractivity contribution in [3.05, 3.63) is 69.2 Å². The van der Waals surface area contributed by atoms with Gasteiger partial charge in [0.25, 0.3) is 11.1 Å². The minimum Gasteiger partial charge on any atom is -0.760 e. The van der Waals surface area contributed by atoms with E-state index < -0.39 is 34.2 Å². The van der Waals surface area contributed by atoms with Gasteiger partial charge in [0.1, 0.15) is 0 Å². The lowest BCUT2D eigenvalue weighted by atomic mass is 10.1. The Balaban J connectivity index is 1.55. The van der Waals surface area contributed by atoms with Gasteiger partial charge in [-0.1, -0.05) is 23.7 Å². The Labute approximate surface area is 208 Å². The summed E-state index contributed by atoms with van der Waals surface area (Å²) in [6, 6.07) is 8.59. The zero-order valence-corrected chi connectivity index (χ0v) is 19.9. The molecule has 1 aliphatic heterocycles. The van der Waals surface area contributed by atoms with E-state index in [1.165, 1.54) is 29.1 Å². The van der Waals surface area contributed by atoms with Crippen molar-refractivity contribution in [2.45, 2.75) is 12.7 Å². The number of fused-ring (bicyclic) bond motifs is 1. The summed E-state index contributed by atoms with van der Waals surface area (Å²) in [5, 5.41) is 4.29. The number of hydrogen-bond acceptors (Lipinski definition) is 6. The summed E-state index contributed by atoms with van der Waals surface area (Å²) in [5.41, 5.74) is 0.344. The average Bonchev–Trinajstić information content (AvgIpc) is 3.29. The molecule has 8 nitrogen and oxygen atoms in total. The fraction of sp³-hybridized carbons (Fsp3) is 0.190. The summed E-state index contributed by atoms with van der Waals surface area (Å²) in [5.74, 6) is -0.545. The Morgan fingerprint density at radius 2 is 1.97 bits per heavy atom. The second kappa shape index (κ2) is 10.1. The van der Waals surface area contributed by atoms with Gasteiger partial charge in [0, 0.05) is 34.8 Å². The molecule has 3 aromatic rings. The molecule has 1 aliphatic rings. The van der Waals surface area contributed by atoms with Crippen LogP contribution in [0, 0.1) is 0 Å². The van der Waals surface area contributed by atoms with Gasteiger partial charge < -0.3 is 4.55 Å². The minimum atomic E-state index is -4.57. The smallest absolute Gasteiger partial charge is 0.416 e. The summed E-state index contributed by atoms with van der Waals surface area (Å²) in [6.45, 7) is -0.335. The molecule has 184 valence electrons. The van der Waals surface area contributed by atoms with E-state index in [1.807, 2.05) is 0 Å². The number of carbonyl (C=O) groups is 2. The molecule has 0 saturated carbocycles. The number of aromatic nitrogens is 2. The van der Waals surface area contributed by atoms with E-state index in [0.29, 0.717) is 16.5 Å². The number of nitrogens with zero attached hydrogens (tertiary/aromatic N) is 3. The predicted molar refractivity (Wildman–Crippen MR) is 125 cm³/mol. The van der Waals surface area contributed by atoms with E-state index in [0.717, 1.165) is 22.7 Å². The van der Waals surface area contributed by atoms with Crippen molar-refractivity contribution < 1.29 is 31.5 Å². The zero-order valence-electron chi connectivity index (χ0n) is 17.5. The molecular formula is C21H15ClF3N4O4S2-. The monoisotopic (exact) mass is 543 g/mol. The molecule has 2 heterocycles. The second-order valence-electron chi connectivity index (χ2n) is 7.38. The van der Waals surface area contributed by atoms with Gasteiger partial charge in [-0.15, -0.1) is 0 Å². The maximum absolute atomic E-state index is 13.4. The highest BCUT2D eigenvalue weighted by Crippen LogP contribution is 2.35. The van der Waals surface area contributed by atoms with Crippen LogP contribution in [0.1, 0.15) is 16.7 Å². The second-order valence-corrected chi connectivity index (χ2v) is 9.57. The highest BCUT2D eigenvalue weighted by atomic mass is 35.5. The molecule has 2 amide bonds. The molecule has 0 radical (unpaired) electrons. The number of nitrogens with one attached hydrogen (secondary N) is 1. The third-order valence-corrected chi connectivity index (χ3v) is 6.67. The van der Waals surface area contributed by atoms with E-state index in [-0.39, 0.29) is 35.1 Å². The SMILES string of the molecule is O=C1SC(=Cc2ccc3c(cnn3Cc3ccc(Cl)cc3C(F)(F)F)c2)C(=O)N1CCNS(=O)[O-]. The van der Waals surface area contributed by atoms with Crippen molar-refractivity contribution >= 4 is 62.8 Å². The van der Waals surface area contributed by atoms with Crippen LogP contribution in [-0.2, 0) is 28.8 Å². The standard InChI is InChI=1S/C21H16ClF3N4O4S2/c22-15-3-2-13(16(9-15)21(23,24)25)11-29-17-4-1-12(7-14(17)10-26-29)8-18-19(30)28(20(31)34-18)6-5-27-35(32)33/h1-4,7-10,27H,5-6,11H2,(H,32,33)/p-1. The van der Waals surface area contributed by atoms with Crippen LogP contribution >= 0.6 is 23.4 Å². The van der Waals surface area contributed by atoms with Crippen LogP contribution in [0.5, 0.6) is 0 Å². The van der Waals surface area contributed by atoms with Crippen molar-refractivity contribution in [2.75, 3.05) is 13.1 Å². The fourth-order valence-electron chi connectivity index (χ4n) is 3.52. The van der Waals surface area contributed by atoms with Crippen LogP contribution in [0.25, 0.3) is 17.0 Å². The molecule has 0 spiro atoms. The third-order valence-electron chi connectivity index (χ3n) is 5.09. The Bertz CT molecular complexity index is 1380. The lowest BCUT2D eigenvalue weighted by Crippen LogP contribution is -2.35. The molecule has 35 heavy (non-hydrogen) atoms. The van der Waals surface area contributed by atoms with Gasteiger partial charge in [-0.05, 0) is 53.2 Å². The molecule has 1 fully saturated rings. The molecule has 0 aliphatic carbocycles. The van der Waals surface area contributed by atoms with Crippen LogP contribution in [0.15, 0.2) is 47.5 Å². The Morgan fingerprint density at radius 3 is 2.69 bits per heavy atom. The molecule has 1 atom stereocenters. The van der Waals surface area contributed by atoms with E-state index in [1.54, 1.807) is 18.2 Å². The van der Waals surface area contributed by atoms with Gasteiger partial charge in [0.15, 0.2) is 0 Å². The van der Waals surface area contributed by atoms with Crippen LogP contribution in [-0.4, -0.2) is 47.7 Å². The van der Waals surface area contributed by atoms with Crippen LogP contribution in [0.4, 0.5) is 18.0 Å². The van der Waals surface area contributed by atoms with Gasteiger partial charge >= 0.3 is 6.18 Å². The third kappa shape index (κ3) is 5.76. The molecule has 4 rings (SSSR count). The summed E-state index contributed by atoms with van der Waals surface area (Å²) in [4.78, 5) is 25.7. The largest absolute Gasteiger partial charge is 0.760 e. The topological polar surface area (TPSA) is 107 Å². The van der Waals surface area contributed by atoms with E-state index in [9.17, 15) is 31.5 Å². The number of thioether (sulfide) groups is 1. The summed E-state index contributed by atoms with van der Waals surface area (Å²) >= 11 is 3.98. The van der Waals surface area contributed by atoms with Gasteiger partial charge in [0.05, 0.1) is 28.7 Å². The zero-order chi connectivity index (χ0) is 25.3. The number of rotatable bonds is 7. The first-order chi connectivity index (χ1) is 16.5. The van der Waals surface area contributed by atoms with Crippen molar-refractivity contribution in [2.24, 2.45) is 0 Å². The van der Waals surface area contributed by atoms with E-state index >= 15 is 0 Å². The molecule has 1 aromatic heterocycles. The number of carbonyl (C=O) groups excluding carboxylic acids is 2.